The summed E-state index contributed by atoms with van der Waals surface area (Å²) in [4.78, 5) is 44.0. The molecule has 0 aromatic rings. The van der Waals surface area contributed by atoms with Gasteiger partial charge in [0.2, 0.25) is 0 Å². The van der Waals surface area contributed by atoms with Gasteiger partial charge in [0, 0.05) is 12.5 Å². The van der Waals surface area contributed by atoms with Gasteiger partial charge in [0.25, 0.3) is 0 Å². The average Bonchev–Trinajstić information content (AvgIpc) is 3.17. The van der Waals surface area contributed by atoms with E-state index in [1.165, 1.54) is 4.90 Å². The number of aliphatic hydroxyl groups is 1. The van der Waals surface area contributed by atoms with Crippen LogP contribution in [0.15, 0.2) is 23.3 Å². The van der Waals surface area contributed by atoms with Crippen LogP contribution >= 0.6 is 0 Å². The van der Waals surface area contributed by atoms with Gasteiger partial charge in [0.05, 0.1) is 12.0 Å². The Balaban J connectivity index is 1.43. The van der Waals surface area contributed by atoms with E-state index in [1.54, 1.807) is 34.6 Å². The molecule has 9 heteroatoms. The molecule has 1 spiro atoms. The Labute approximate surface area is 261 Å². The average molecular weight is 614 g/mol. The molecular weight excluding hydrogens is 562 g/mol. The molecule has 0 radical (unpaired) electrons. The number of allylic oxidation sites excluding steroid dienone is 1. The van der Waals surface area contributed by atoms with Crippen LogP contribution in [0, 0.1) is 39.9 Å². The SMILES string of the molecule is CC1=CC23C(=O)[C@@H](C=C4COC(C)(C)O[C@H]4[C@]2(O)[C@H]1OC(=O)C1N(C(=O)OC(C)(C)C)CCC1(C)C)[C@H]1[C@@H](CC3C)C1(C)C. The second-order valence-electron chi connectivity index (χ2n) is 17.1. The first kappa shape index (κ1) is 31.7. The minimum Gasteiger partial charge on any atom is -0.453 e. The summed E-state index contributed by atoms with van der Waals surface area (Å²) < 4.78 is 24.7. The molecule has 2 heterocycles. The Morgan fingerprint density at radius 1 is 1.11 bits per heavy atom. The normalized spacial score (nSPS) is 43.0. The predicted octanol–water partition coefficient (Wildman–Crippen LogP) is 5.20. The van der Waals surface area contributed by atoms with E-state index in [0.29, 0.717) is 30.0 Å². The van der Waals surface area contributed by atoms with Gasteiger partial charge in [0.15, 0.2) is 23.3 Å². The van der Waals surface area contributed by atoms with Crippen LogP contribution in [-0.4, -0.2) is 76.2 Å². The van der Waals surface area contributed by atoms with Gasteiger partial charge < -0.3 is 24.1 Å². The zero-order valence-corrected chi connectivity index (χ0v) is 28.3. The molecule has 2 bridgehead atoms. The quantitative estimate of drug-likeness (QED) is 0.334. The van der Waals surface area contributed by atoms with Gasteiger partial charge >= 0.3 is 12.1 Å². The summed E-state index contributed by atoms with van der Waals surface area (Å²) in [6.07, 6.45) is 2.55. The van der Waals surface area contributed by atoms with Crippen molar-refractivity contribution in [1.82, 2.24) is 4.90 Å². The second kappa shape index (κ2) is 9.41. The number of amides is 1. The van der Waals surface area contributed by atoms with E-state index >= 15 is 0 Å². The third kappa shape index (κ3) is 4.31. The molecule has 4 aliphatic carbocycles. The summed E-state index contributed by atoms with van der Waals surface area (Å²) >= 11 is 0. The summed E-state index contributed by atoms with van der Waals surface area (Å²) in [5.74, 6) is -1.86. The molecule has 6 aliphatic rings. The number of likely N-dealkylation sites (tertiary alicyclic amines) is 1. The third-order valence-corrected chi connectivity index (χ3v) is 11.8. The van der Waals surface area contributed by atoms with Crippen LogP contribution in [0.1, 0.15) is 89.0 Å². The fraction of sp³-hybridized carbons (Fsp3) is 0.800. The van der Waals surface area contributed by atoms with Crippen molar-refractivity contribution in [2.24, 2.45) is 39.9 Å². The molecule has 1 amide bonds. The lowest BCUT2D eigenvalue weighted by Gasteiger charge is -2.53. The summed E-state index contributed by atoms with van der Waals surface area (Å²) in [6.45, 7) is 21.7. The smallest absolute Gasteiger partial charge is 0.411 e. The van der Waals surface area contributed by atoms with Crippen LogP contribution in [0.2, 0.25) is 0 Å². The van der Waals surface area contributed by atoms with Gasteiger partial charge in [-0.15, -0.1) is 0 Å². The van der Waals surface area contributed by atoms with E-state index in [1.807, 2.05) is 39.8 Å². The van der Waals surface area contributed by atoms with E-state index in [2.05, 4.69) is 13.8 Å². The highest BCUT2D eigenvalue weighted by Crippen LogP contribution is 2.72. The van der Waals surface area contributed by atoms with E-state index in [4.69, 9.17) is 18.9 Å². The third-order valence-electron chi connectivity index (χ3n) is 11.8. The first-order valence-electron chi connectivity index (χ1n) is 16.3. The van der Waals surface area contributed by atoms with Crippen LogP contribution in [0.25, 0.3) is 0 Å². The lowest BCUT2D eigenvalue weighted by molar-refractivity contribution is -0.304. The van der Waals surface area contributed by atoms with Crippen molar-refractivity contribution in [3.63, 3.8) is 0 Å². The van der Waals surface area contributed by atoms with Gasteiger partial charge in [-0.25, -0.2) is 9.59 Å². The monoisotopic (exact) mass is 613 g/mol. The Morgan fingerprint density at radius 3 is 2.41 bits per heavy atom. The van der Waals surface area contributed by atoms with Gasteiger partial charge in [-0.3, -0.25) is 9.69 Å². The van der Waals surface area contributed by atoms with Gasteiger partial charge in [-0.1, -0.05) is 46.8 Å². The maximum absolute atomic E-state index is 15.0. The van der Waals surface area contributed by atoms with Crippen LogP contribution < -0.4 is 0 Å². The van der Waals surface area contributed by atoms with Gasteiger partial charge in [0.1, 0.15) is 17.7 Å². The highest BCUT2D eigenvalue weighted by molar-refractivity contribution is 5.95. The van der Waals surface area contributed by atoms with Crippen molar-refractivity contribution < 1.29 is 38.4 Å². The number of ketones is 1. The summed E-state index contributed by atoms with van der Waals surface area (Å²) in [5.41, 5.74) is -3.24. The van der Waals surface area contributed by atoms with Crippen LogP contribution in [-0.2, 0) is 28.5 Å². The van der Waals surface area contributed by atoms with Gasteiger partial charge in [-0.05, 0) is 94.1 Å². The molecule has 6 rings (SSSR count). The molecule has 2 aliphatic heterocycles. The Morgan fingerprint density at radius 2 is 1.77 bits per heavy atom. The Kier molecular flexibility index (Phi) is 6.79. The van der Waals surface area contributed by atoms with Crippen molar-refractivity contribution in [2.45, 2.75) is 124 Å². The number of carbonyl (C=O) groups is 3. The second-order valence-corrected chi connectivity index (χ2v) is 17.1. The number of ether oxygens (including phenoxy) is 4. The summed E-state index contributed by atoms with van der Waals surface area (Å²) in [5, 5.41) is 13.3. The highest BCUT2D eigenvalue weighted by atomic mass is 16.7. The molecule has 0 aromatic heterocycles. The van der Waals surface area contributed by atoms with Crippen molar-refractivity contribution in [3.05, 3.63) is 23.3 Å². The molecule has 9 nitrogen and oxygen atoms in total. The number of rotatable bonds is 2. The molecule has 9 atom stereocenters. The van der Waals surface area contributed by atoms with E-state index in [-0.39, 0.29) is 29.6 Å². The molecule has 2 saturated heterocycles. The van der Waals surface area contributed by atoms with E-state index in [0.717, 1.165) is 6.42 Å². The van der Waals surface area contributed by atoms with Crippen molar-refractivity contribution >= 4 is 17.8 Å². The number of nitrogens with zero attached hydrogens (tertiary/aromatic N) is 1. The first-order chi connectivity index (χ1) is 20.1. The standard InChI is InChI=1S/C35H51NO8/c1-18-16-34-19(2)14-22-23(32(22,8)9)21(25(34)37)15-20-17-41-33(10,11)43-27(20)35(34,40)26(18)42-28(38)24-31(6,7)12-13-36(24)29(39)44-30(3,4)5/h15-16,19,21-24,26-27,40H,12-14,17H2,1-11H3/t19?,21-,22+,23-,24?,26-,27+,34?,35+/m0/s1. The molecule has 4 fully saturated rings. The Bertz CT molecular complexity index is 1350. The molecule has 3 unspecified atom stereocenters. The first-order valence-corrected chi connectivity index (χ1v) is 16.3. The molecule has 2 saturated carbocycles. The number of Topliss-reactive ketones (excluding diaryl/α,β-unsaturated/α-hetero) is 1. The fourth-order valence-corrected chi connectivity index (χ4v) is 9.54. The zero-order chi connectivity index (χ0) is 32.6. The maximum atomic E-state index is 15.0. The molecule has 44 heavy (non-hydrogen) atoms. The minimum atomic E-state index is -1.91. The fourth-order valence-electron chi connectivity index (χ4n) is 9.54. The number of esters is 1. The molecule has 0 aromatic carbocycles. The topological polar surface area (TPSA) is 112 Å². The Hall–Kier alpha value is -2.23. The lowest BCUT2D eigenvalue weighted by Crippen LogP contribution is -2.68. The van der Waals surface area contributed by atoms with Crippen LogP contribution in [0.5, 0.6) is 0 Å². The van der Waals surface area contributed by atoms with E-state index < -0.39 is 64.0 Å². The maximum Gasteiger partial charge on any atom is 0.411 e. The zero-order valence-electron chi connectivity index (χ0n) is 28.3. The largest absolute Gasteiger partial charge is 0.453 e. The lowest BCUT2D eigenvalue weighted by atomic mass is 9.58. The predicted molar refractivity (Wildman–Crippen MR) is 162 cm³/mol. The van der Waals surface area contributed by atoms with E-state index in [9.17, 15) is 19.5 Å². The van der Waals surface area contributed by atoms with Crippen molar-refractivity contribution in [2.75, 3.05) is 13.2 Å². The summed E-state index contributed by atoms with van der Waals surface area (Å²) in [7, 11) is 0. The molecular formula is C35H51NO8. The number of carbonyl (C=O) groups excluding carboxylic acids is 3. The van der Waals surface area contributed by atoms with Crippen LogP contribution in [0.4, 0.5) is 4.79 Å². The van der Waals surface area contributed by atoms with Crippen LogP contribution in [0.3, 0.4) is 0 Å². The molecule has 1 N–H and O–H groups in total. The number of hydrogen-bond donors (Lipinski definition) is 1. The highest BCUT2D eigenvalue weighted by Gasteiger charge is 2.77. The number of hydrogen-bond acceptors (Lipinski definition) is 8. The van der Waals surface area contributed by atoms with Gasteiger partial charge in [-0.2, -0.15) is 0 Å². The molecule has 244 valence electrons. The summed E-state index contributed by atoms with van der Waals surface area (Å²) in [6, 6.07) is -0.929. The van der Waals surface area contributed by atoms with Crippen molar-refractivity contribution in [1.29, 1.82) is 0 Å². The van der Waals surface area contributed by atoms with Crippen molar-refractivity contribution in [3.8, 4) is 0 Å². The number of fused-ring (bicyclic) bond motifs is 5. The minimum absolute atomic E-state index is 0.00324.